The molecule has 3 aliphatic rings. The molecule has 3 saturated heterocycles. The minimum absolute atomic E-state index is 0.0645. The van der Waals surface area contributed by atoms with E-state index >= 15 is 0 Å². The van der Waals surface area contributed by atoms with Gasteiger partial charge >= 0.3 is 6.09 Å². The van der Waals surface area contributed by atoms with E-state index in [1.807, 2.05) is 54.6 Å². The SMILES string of the molecule is CN(CCCNC[C@H](O)c1ccc(O)c2[nH]c(=O)ccc12)C(=O)c1cc(COc2cccc([C@H](c3ccccc3)N(C(=O)O)[C@H]3CN4CCC3CC4)c2)nn1C. The number of rotatable bonds is 15. The number of phenolic OH excluding ortho intramolecular Hbond substituents is 1. The number of aliphatic hydroxyl groups is 1. The van der Waals surface area contributed by atoms with E-state index in [0.29, 0.717) is 53.5 Å². The van der Waals surface area contributed by atoms with Crippen LogP contribution in [0, 0.1) is 5.92 Å². The Bertz CT molecular complexity index is 2220. The van der Waals surface area contributed by atoms with Crippen LogP contribution < -0.4 is 15.6 Å². The number of aliphatic hydroxyl groups excluding tert-OH is 1. The molecule has 3 atom stereocenters. The van der Waals surface area contributed by atoms with Gasteiger partial charge in [-0.3, -0.25) is 19.2 Å². The zero-order valence-corrected chi connectivity index (χ0v) is 31.7. The normalized spacial score (nSPS) is 18.7. The predicted octanol–water partition coefficient (Wildman–Crippen LogP) is 4.50. The first-order chi connectivity index (χ1) is 27.1. The summed E-state index contributed by atoms with van der Waals surface area (Å²) in [5, 5.41) is 39.9. The summed E-state index contributed by atoms with van der Waals surface area (Å²) in [4.78, 5) is 46.4. The highest BCUT2D eigenvalue weighted by atomic mass is 16.5. The predicted molar refractivity (Wildman–Crippen MR) is 211 cm³/mol. The van der Waals surface area contributed by atoms with Gasteiger partial charge in [-0.15, -0.1) is 0 Å². The Morgan fingerprint density at radius 2 is 1.79 bits per heavy atom. The van der Waals surface area contributed by atoms with Crippen molar-refractivity contribution < 1.29 is 29.6 Å². The number of carbonyl (C=O) groups is 2. The van der Waals surface area contributed by atoms with Crippen LogP contribution >= 0.6 is 0 Å². The molecule has 2 bridgehead atoms. The largest absolute Gasteiger partial charge is 0.506 e. The molecule has 3 aliphatic heterocycles. The van der Waals surface area contributed by atoms with Gasteiger partial charge in [0.05, 0.1) is 23.7 Å². The average molecular weight is 764 g/mol. The number of hydrogen-bond donors (Lipinski definition) is 5. The molecular formula is C42H49N7O7. The Balaban J connectivity index is 0.948. The van der Waals surface area contributed by atoms with Crippen molar-refractivity contribution in [3.05, 3.63) is 123 Å². The zero-order chi connectivity index (χ0) is 39.3. The number of nitrogens with zero attached hydrogens (tertiary/aromatic N) is 5. The van der Waals surface area contributed by atoms with Crippen LogP contribution in [0.3, 0.4) is 0 Å². The number of carboxylic acid groups (broad SMARTS) is 1. The van der Waals surface area contributed by atoms with Gasteiger partial charge in [0.1, 0.15) is 29.5 Å². The van der Waals surface area contributed by atoms with Gasteiger partial charge in [0.15, 0.2) is 0 Å². The Morgan fingerprint density at radius 1 is 1.02 bits per heavy atom. The van der Waals surface area contributed by atoms with Crippen molar-refractivity contribution in [2.45, 2.75) is 44.1 Å². The third-order valence-electron chi connectivity index (χ3n) is 11.1. The van der Waals surface area contributed by atoms with Crippen LogP contribution in [0.4, 0.5) is 4.79 Å². The maximum atomic E-state index is 13.4. The minimum atomic E-state index is -0.936. The second-order valence-corrected chi connectivity index (χ2v) is 14.8. The number of pyridine rings is 1. The number of hydrogen-bond acceptors (Lipinski definition) is 9. The molecule has 3 aromatic carbocycles. The fourth-order valence-corrected chi connectivity index (χ4v) is 8.21. The molecule has 0 radical (unpaired) electrons. The summed E-state index contributed by atoms with van der Waals surface area (Å²) in [6.45, 7) is 4.13. The van der Waals surface area contributed by atoms with Gasteiger partial charge < -0.3 is 40.2 Å². The number of ether oxygens (including phenoxy) is 1. The first-order valence-corrected chi connectivity index (χ1v) is 19.1. The highest BCUT2D eigenvalue weighted by molar-refractivity contribution is 5.92. The number of amides is 2. The van der Waals surface area contributed by atoms with E-state index in [4.69, 9.17) is 4.74 Å². The molecule has 5 N–H and O–H groups in total. The van der Waals surface area contributed by atoms with Crippen molar-refractivity contribution in [1.29, 1.82) is 0 Å². The maximum absolute atomic E-state index is 13.4. The van der Waals surface area contributed by atoms with E-state index in [-0.39, 0.29) is 41.9 Å². The lowest BCUT2D eigenvalue weighted by molar-refractivity contribution is -0.000814. The number of carbonyl (C=O) groups excluding carboxylic acids is 1. The Kier molecular flexibility index (Phi) is 11.7. The standard InChI is InChI=1S/C42H49N7O7/c1-46(19-7-18-43-24-37(51)32-12-14-36(50)39-33(32)13-15-38(52)44-39)41(53)34-23-30(45-47(34)2)26-56-31-11-6-10-29(22-31)40(28-8-4-3-5-9-28)49(42(54)55)35-25-48-20-16-27(35)17-21-48/h3-6,8-15,22-23,27,35,37,40,43,50-51H,7,16-21,24-26H2,1-2H3,(H,44,52)(H,54,55)/t35-,37-,40-/m0/s1. The molecule has 5 heterocycles. The average Bonchev–Trinajstić information content (AvgIpc) is 3.59. The quantitative estimate of drug-likeness (QED) is 0.0956. The van der Waals surface area contributed by atoms with E-state index in [1.165, 1.54) is 12.1 Å². The third kappa shape index (κ3) is 8.42. The van der Waals surface area contributed by atoms with Crippen molar-refractivity contribution in [2.24, 2.45) is 13.0 Å². The number of benzene rings is 3. The molecule has 2 amide bonds. The van der Waals surface area contributed by atoms with Crippen molar-refractivity contribution in [1.82, 2.24) is 34.8 Å². The lowest BCUT2D eigenvalue weighted by atomic mass is 9.81. The lowest BCUT2D eigenvalue weighted by Crippen LogP contribution is -2.59. The van der Waals surface area contributed by atoms with Crippen LogP contribution in [0.5, 0.6) is 11.5 Å². The molecule has 56 heavy (non-hydrogen) atoms. The van der Waals surface area contributed by atoms with E-state index < -0.39 is 18.2 Å². The molecule has 0 saturated carbocycles. The fraction of sp³-hybridized carbons (Fsp3) is 0.381. The zero-order valence-electron chi connectivity index (χ0n) is 31.7. The number of aromatic amines is 1. The summed E-state index contributed by atoms with van der Waals surface area (Å²) < 4.78 is 7.75. The molecular weight excluding hydrogens is 715 g/mol. The summed E-state index contributed by atoms with van der Waals surface area (Å²) in [5.41, 5.74) is 3.24. The minimum Gasteiger partial charge on any atom is -0.506 e. The van der Waals surface area contributed by atoms with Gasteiger partial charge in [-0.2, -0.15) is 5.10 Å². The summed E-state index contributed by atoms with van der Waals surface area (Å²) in [6.07, 6.45) is 0.818. The third-order valence-corrected chi connectivity index (χ3v) is 11.1. The van der Waals surface area contributed by atoms with Gasteiger partial charge in [0.2, 0.25) is 5.56 Å². The molecule has 8 rings (SSSR count). The van der Waals surface area contributed by atoms with Gasteiger partial charge in [-0.05, 0) is 91.8 Å². The highest BCUT2D eigenvalue weighted by Crippen LogP contribution is 2.39. The molecule has 0 spiro atoms. The van der Waals surface area contributed by atoms with Crippen LogP contribution in [0.25, 0.3) is 10.9 Å². The topological polar surface area (TPSA) is 176 Å². The molecule has 0 unspecified atom stereocenters. The molecule has 14 heteroatoms. The van der Waals surface area contributed by atoms with Crippen LogP contribution in [0.1, 0.15) is 64.3 Å². The monoisotopic (exact) mass is 763 g/mol. The number of piperidine rings is 3. The first kappa shape index (κ1) is 38.6. The molecule has 294 valence electrons. The number of aryl methyl sites for hydroxylation is 1. The summed E-state index contributed by atoms with van der Waals surface area (Å²) >= 11 is 0. The van der Waals surface area contributed by atoms with Gasteiger partial charge in [-0.25, -0.2) is 4.79 Å². The van der Waals surface area contributed by atoms with Crippen LogP contribution in [0.15, 0.2) is 89.7 Å². The van der Waals surface area contributed by atoms with Gasteiger partial charge in [0, 0.05) is 45.2 Å². The summed E-state index contributed by atoms with van der Waals surface area (Å²) in [6, 6.07) is 24.5. The summed E-state index contributed by atoms with van der Waals surface area (Å²) in [7, 11) is 3.45. The Morgan fingerprint density at radius 3 is 2.52 bits per heavy atom. The van der Waals surface area contributed by atoms with Crippen molar-refractivity contribution in [3.63, 3.8) is 0 Å². The van der Waals surface area contributed by atoms with Gasteiger partial charge in [0.25, 0.3) is 5.91 Å². The molecule has 0 aliphatic carbocycles. The molecule has 14 nitrogen and oxygen atoms in total. The van der Waals surface area contributed by atoms with Crippen LogP contribution in [-0.2, 0) is 13.7 Å². The first-order valence-electron chi connectivity index (χ1n) is 19.1. The van der Waals surface area contributed by atoms with Gasteiger partial charge in [-0.1, -0.05) is 48.5 Å². The number of H-pyrrole nitrogens is 1. The number of aromatic hydroxyl groups is 1. The van der Waals surface area contributed by atoms with Crippen molar-refractivity contribution in [2.75, 3.05) is 46.3 Å². The maximum Gasteiger partial charge on any atom is 0.408 e. The highest BCUT2D eigenvalue weighted by Gasteiger charge is 2.43. The fourth-order valence-electron chi connectivity index (χ4n) is 8.21. The van der Waals surface area contributed by atoms with E-state index in [1.54, 1.807) is 46.8 Å². The smallest absolute Gasteiger partial charge is 0.408 e. The second-order valence-electron chi connectivity index (χ2n) is 14.8. The van der Waals surface area contributed by atoms with Crippen molar-refractivity contribution >= 4 is 22.9 Å². The van der Waals surface area contributed by atoms with Crippen LogP contribution in [0.2, 0.25) is 0 Å². The van der Waals surface area contributed by atoms with E-state index in [2.05, 4.69) is 20.3 Å². The number of phenols is 1. The summed E-state index contributed by atoms with van der Waals surface area (Å²) in [5.74, 6) is 0.645. The van der Waals surface area contributed by atoms with Crippen LogP contribution in [-0.4, -0.2) is 109 Å². The Hall–Kier alpha value is -5.70. The number of nitrogens with one attached hydrogen (secondary N) is 2. The molecule has 2 aromatic heterocycles. The number of aromatic nitrogens is 3. The Labute approximate surface area is 324 Å². The van der Waals surface area contributed by atoms with E-state index in [0.717, 1.165) is 43.6 Å². The second kappa shape index (κ2) is 17.0. The molecule has 3 fully saturated rings. The number of fused-ring (bicyclic) bond motifs is 4. The molecule has 5 aromatic rings. The lowest BCUT2D eigenvalue weighted by Gasteiger charge is -2.50. The van der Waals surface area contributed by atoms with E-state index in [9.17, 15) is 29.7 Å². The van der Waals surface area contributed by atoms with Crippen molar-refractivity contribution in [3.8, 4) is 11.5 Å².